The minimum Gasteiger partial charge on any atom is -0.478 e. The second kappa shape index (κ2) is 3.74. The van der Waals surface area contributed by atoms with Crippen molar-refractivity contribution in [2.45, 2.75) is 0 Å². The number of aromatic carboxylic acids is 1. The summed E-state index contributed by atoms with van der Waals surface area (Å²) in [5.74, 6) is -2.59. The highest BCUT2D eigenvalue weighted by molar-refractivity contribution is 5.92. The smallest absolute Gasteiger partial charge is 0.349 e. The number of carboxylic acid groups (broad SMARTS) is 1. The highest BCUT2D eigenvalue weighted by atomic mass is 19.1. The maximum atomic E-state index is 13.3. The highest BCUT2D eigenvalue weighted by Gasteiger charge is 2.19. The Morgan fingerprint density at radius 1 is 1.24 bits per heavy atom. The minimum absolute atomic E-state index is 0.329. The molecule has 1 heterocycles. The van der Waals surface area contributed by atoms with E-state index in [0.29, 0.717) is 4.57 Å². The number of aromatic amines is 2. The van der Waals surface area contributed by atoms with E-state index in [-0.39, 0.29) is 5.69 Å². The van der Waals surface area contributed by atoms with Gasteiger partial charge in [0.2, 0.25) is 0 Å². The van der Waals surface area contributed by atoms with Crippen LogP contribution in [0.4, 0.5) is 4.39 Å². The summed E-state index contributed by atoms with van der Waals surface area (Å²) in [6.45, 7) is 0. The zero-order valence-corrected chi connectivity index (χ0v) is 8.23. The number of nitrogens with one attached hydrogen (secondary N) is 2. The number of benzene rings is 1. The topological polar surface area (TPSA) is 108 Å². The standard InChI is InChI=1S/C9H6FN3O4/c10-4-2-1-3-5(6(4)7(14)15)13-8(16)11-12-9(13)17/h1-3H,(H,11,16)(H,12,17)(H,14,15). The van der Waals surface area contributed by atoms with Gasteiger partial charge in [-0.1, -0.05) is 6.07 Å². The predicted octanol–water partition coefficient (Wildman–Crippen LogP) is -0.309. The average Bonchev–Trinajstić information content (AvgIpc) is 2.57. The molecule has 0 unspecified atom stereocenters. The summed E-state index contributed by atoms with van der Waals surface area (Å²) in [5, 5.41) is 12.8. The van der Waals surface area contributed by atoms with Gasteiger partial charge >= 0.3 is 17.3 Å². The molecule has 0 saturated carbocycles. The van der Waals surface area contributed by atoms with E-state index >= 15 is 0 Å². The highest BCUT2D eigenvalue weighted by Crippen LogP contribution is 2.15. The number of hydrogen-bond acceptors (Lipinski definition) is 3. The van der Waals surface area contributed by atoms with Gasteiger partial charge in [0, 0.05) is 0 Å². The second-order valence-electron chi connectivity index (χ2n) is 3.13. The third-order valence-electron chi connectivity index (χ3n) is 2.13. The van der Waals surface area contributed by atoms with Crippen molar-refractivity contribution in [2.24, 2.45) is 0 Å². The Bertz CT molecular complexity index is 669. The van der Waals surface area contributed by atoms with Crippen LogP contribution in [0.1, 0.15) is 10.4 Å². The van der Waals surface area contributed by atoms with Gasteiger partial charge in [-0.3, -0.25) is 0 Å². The Kier molecular flexibility index (Phi) is 2.39. The maximum absolute atomic E-state index is 13.3. The van der Waals surface area contributed by atoms with E-state index in [1.54, 1.807) is 0 Å². The van der Waals surface area contributed by atoms with E-state index in [1.165, 1.54) is 6.07 Å². The normalized spacial score (nSPS) is 10.4. The van der Waals surface area contributed by atoms with E-state index in [1.807, 2.05) is 10.2 Å². The van der Waals surface area contributed by atoms with Crippen LogP contribution in [-0.4, -0.2) is 25.8 Å². The van der Waals surface area contributed by atoms with Gasteiger partial charge in [0.15, 0.2) is 0 Å². The maximum Gasteiger partial charge on any atom is 0.349 e. The molecule has 2 rings (SSSR count). The van der Waals surface area contributed by atoms with Crippen LogP contribution >= 0.6 is 0 Å². The lowest BCUT2D eigenvalue weighted by Gasteiger charge is -2.04. The molecule has 0 radical (unpaired) electrons. The van der Waals surface area contributed by atoms with Crippen LogP contribution < -0.4 is 11.4 Å². The molecule has 1 aromatic heterocycles. The summed E-state index contributed by atoms with van der Waals surface area (Å²) in [6.07, 6.45) is 0. The average molecular weight is 239 g/mol. The van der Waals surface area contributed by atoms with Crippen LogP contribution in [-0.2, 0) is 0 Å². The number of carboxylic acids is 1. The fourth-order valence-corrected chi connectivity index (χ4v) is 1.44. The fraction of sp³-hybridized carbons (Fsp3) is 0. The SMILES string of the molecule is O=C(O)c1c(F)cccc1-n1c(=O)[nH][nH]c1=O. The molecule has 0 fully saturated rings. The lowest BCUT2D eigenvalue weighted by molar-refractivity contribution is 0.0692. The first-order valence-electron chi connectivity index (χ1n) is 4.44. The summed E-state index contributed by atoms with van der Waals surface area (Å²) < 4.78 is 13.8. The van der Waals surface area contributed by atoms with Gasteiger partial charge in [-0.05, 0) is 12.1 Å². The third kappa shape index (κ3) is 1.65. The van der Waals surface area contributed by atoms with Crippen LogP contribution in [0.3, 0.4) is 0 Å². The molecule has 17 heavy (non-hydrogen) atoms. The van der Waals surface area contributed by atoms with Gasteiger partial charge in [0.05, 0.1) is 5.69 Å². The molecule has 0 spiro atoms. The van der Waals surface area contributed by atoms with Gasteiger partial charge in [-0.15, -0.1) is 0 Å². The number of hydrogen-bond donors (Lipinski definition) is 3. The first-order valence-corrected chi connectivity index (χ1v) is 4.44. The summed E-state index contributed by atoms with van der Waals surface area (Å²) in [7, 11) is 0. The molecule has 7 nitrogen and oxygen atoms in total. The van der Waals surface area contributed by atoms with Crippen LogP contribution in [0.5, 0.6) is 0 Å². The van der Waals surface area contributed by atoms with Gasteiger partial charge in [-0.2, -0.15) is 0 Å². The number of aromatic nitrogens is 3. The largest absolute Gasteiger partial charge is 0.478 e. The molecule has 0 aliphatic rings. The molecule has 0 atom stereocenters. The van der Waals surface area contributed by atoms with E-state index in [9.17, 15) is 18.8 Å². The molecule has 2 aromatic rings. The molecule has 0 amide bonds. The third-order valence-corrected chi connectivity index (χ3v) is 2.13. The minimum atomic E-state index is -1.56. The molecule has 0 bridgehead atoms. The fourth-order valence-electron chi connectivity index (χ4n) is 1.44. The van der Waals surface area contributed by atoms with Crippen molar-refractivity contribution in [1.82, 2.24) is 14.8 Å². The molecule has 0 saturated heterocycles. The van der Waals surface area contributed by atoms with Crippen LogP contribution in [0.15, 0.2) is 27.8 Å². The van der Waals surface area contributed by atoms with Crippen molar-refractivity contribution in [3.8, 4) is 5.69 Å². The predicted molar refractivity (Wildman–Crippen MR) is 53.9 cm³/mol. The Morgan fingerprint density at radius 2 is 1.82 bits per heavy atom. The van der Waals surface area contributed by atoms with Crippen molar-refractivity contribution in [1.29, 1.82) is 0 Å². The second-order valence-corrected chi connectivity index (χ2v) is 3.13. The number of halogens is 1. The van der Waals surface area contributed by atoms with Crippen molar-refractivity contribution < 1.29 is 14.3 Å². The van der Waals surface area contributed by atoms with Crippen molar-refractivity contribution >= 4 is 5.97 Å². The Morgan fingerprint density at radius 3 is 2.35 bits per heavy atom. The molecule has 88 valence electrons. The summed E-state index contributed by atoms with van der Waals surface area (Å²) in [4.78, 5) is 33.5. The first-order chi connectivity index (χ1) is 8.02. The Labute approximate surface area is 92.1 Å². The van der Waals surface area contributed by atoms with Crippen LogP contribution in [0.25, 0.3) is 5.69 Å². The van der Waals surface area contributed by atoms with Gasteiger partial charge in [0.1, 0.15) is 11.4 Å². The quantitative estimate of drug-likeness (QED) is 0.668. The Hall–Kier alpha value is -2.64. The molecule has 0 aliphatic heterocycles. The number of nitrogens with zero attached hydrogens (tertiary/aromatic N) is 1. The van der Waals surface area contributed by atoms with E-state index < -0.39 is 28.7 Å². The number of H-pyrrole nitrogens is 2. The van der Waals surface area contributed by atoms with E-state index in [4.69, 9.17) is 5.11 Å². The van der Waals surface area contributed by atoms with Gasteiger partial charge < -0.3 is 5.11 Å². The van der Waals surface area contributed by atoms with E-state index in [2.05, 4.69) is 0 Å². The molecule has 3 N–H and O–H groups in total. The van der Waals surface area contributed by atoms with Gasteiger partial charge in [0.25, 0.3) is 0 Å². The zero-order chi connectivity index (χ0) is 12.6. The van der Waals surface area contributed by atoms with Crippen LogP contribution in [0, 0.1) is 5.82 Å². The van der Waals surface area contributed by atoms with Gasteiger partial charge in [-0.25, -0.2) is 33.5 Å². The molecular weight excluding hydrogens is 233 g/mol. The Balaban J connectivity index is 2.86. The number of carbonyl (C=O) groups is 1. The van der Waals surface area contributed by atoms with Crippen molar-refractivity contribution in [3.05, 3.63) is 50.5 Å². The molecular formula is C9H6FN3O4. The molecule has 1 aromatic carbocycles. The summed E-state index contributed by atoms with van der Waals surface area (Å²) in [6, 6.07) is 3.30. The monoisotopic (exact) mass is 239 g/mol. The molecule has 0 aliphatic carbocycles. The summed E-state index contributed by atoms with van der Waals surface area (Å²) >= 11 is 0. The first kappa shape index (κ1) is 10.9. The zero-order valence-electron chi connectivity index (χ0n) is 8.23. The number of rotatable bonds is 2. The lowest BCUT2D eigenvalue weighted by atomic mass is 10.1. The lowest BCUT2D eigenvalue weighted by Crippen LogP contribution is -2.27. The molecule has 8 heteroatoms. The van der Waals surface area contributed by atoms with E-state index in [0.717, 1.165) is 12.1 Å². The van der Waals surface area contributed by atoms with Crippen molar-refractivity contribution in [3.63, 3.8) is 0 Å². The van der Waals surface area contributed by atoms with Crippen LogP contribution in [0.2, 0.25) is 0 Å². The van der Waals surface area contributed by atoms with Crippen molar-refractivity contribution in [2.75, 3.05) is 0 Å². The summed E-state index contributed by atoms with van der Waals surface area (Å²) in [5.41, 5.74) is -2.81.